The molecule has 4 heteroatoms. The Morgan fingerprint density at radius 1 is 1.75 bits per heavy atom. The van der Waals surface area contributed by atoms with Crippen molar-refractivity contribution in [3.05, 3.63) is 10.6 Å². The van der Waals surface area contributed by atoms with E-state index in [0.29, 0.717) is 17.6 Å². The summed E-state index contributed by atoms with van der Waals surface area (Å²) in [7, 11) is 0. The Morgan fingerprint density at radius 3 is 3.00 bits per heavy atom. The van der Waals surface area contributed by atoms with Gasteiger partial charge in [0, 0.05) is 29.8 Å². The maximum atomic E-state index is 5.72. The summed E-state index contributed by atoms with van der Waals surface area (Å²) < 4.78 is 5.37. The zero-order valence-electron chi connectivity index (χ0n) is 7.02. The maximum absolute atomic E-state index is 5.72. The molecule has 2 nitrogen and oxygen atoms in total. The van der Waals surface area contributed by atoms with Gasteiger partial charge in [0.2, 0.25) is 0 Å². The van der Waals surface area contributed by atoms with E-state index in [1.165, 1.54) is 5.54 Å². The number of rotatable bonds is 3. The lowest BCUT2D eigenvalue weighted by atomic mass is 10.1. The minimum absolute atomic E-state index is 0.282. The van der Waals surface area contributed by atoms with E-state index >= 15 is 0 Å². The van der Waals surface area contributed by atoms with Crippen molar-refractivity contribution in [3.8, 4) is 0 Å². The fourth-order valence-electron chi connectivity index (χ4n) is 1.27. The Bertz CT molecular complexity index is 172. The van der Waals surface area contributed by atoms with E-state index in [9.17, 15) is 0 Å². The summed E-state index contributed by atoms with van der Waals surface area (Å²) in [6.45, 7) is 3.52. The monoisotopic (exact) mass is 209 g/mol. The molecule has 0 spiro atoms. The Balaban J connectivity index is 2.22. The lowest BCUT2D eigenvalue weighted by Gasteiger charge is -2.15. The highest BCUT2D eigenvalue weighted by Gasteiger charge is 2.23. The van der Waals surface area contributed by atoms with Gasteiger partial charge in [-0.15, -0.1) is 0 Å². The molecule has 2 unspecified atom stereocenters. The zero-order chi connectivity index (χ0) is 8.97. The zero-order valence-corrected chi connectivity index (χ0v) is 8.53. The first-order valence-electron chi connectivity index (χ1n) is 4.03. The van der Waals surface area contributed by atoms with Gasteiger partial charge in [-0.05, 0) is 13.3 Å². The minimum atomic E-state index is 0.282. The predicted molar refractivity (Wildman–Crippen MR) is 51.6 cm³/mol. The summed E-state index contributed by atoms with van der Waals surface area (Å²) >= 11 is 11.1. The third-order valence-corrected chi connectivity index (χ3v) is 2.65. The van der Waals surface area contributed by atoms with Crippen LogP contribution in [-0.4, -0.2) is 25.3 Å². The van der Waals surface area contributed by atoms with Crippen molar-refractivity contribution in [2.45, 2.75) is 25.5 Å². The molecule has 1 heterocycles. The van der Waals surface area contributed by atoms with Gasteiger partial charge in [-0.1, -0.05) is 23.2 Å². The summed E-state index contributed by atoms with van der Waals surface area (Å²) in [5.74, 6) is 0. The van der Waals surface area contributed by atoms with Crippen molar-refractivity contribution >= 4 is 23.2 Å². The predicted octanol–water partition coefficient (Wildman–Crippen LogP) is 2.07. The molecule has 1 rings (SSSR count). The van der Waals surface area contributed by atoms with Crippen LogP contribution < -0.4 is 5.32 Å². The molecule has 0 radical (unpaired) electrons. The van der Waals surface area contributed by atoms with Gasteiger partial charge in [-0.25, -0.2) is 0 Å². The molecule has 70 valence electrons. The number of nitrogens with one attached hydrogen (secondary N) is 1. The highest BCUT2D eigenvalue weighted by molar-refractivity contribution is 6.36. The molecule has 0 aliphatic carbocycles. The Labute approximate surface area is 82.9 Å². The van der Waals surface area contributed by atoms with Gasteiger partial charge in [0.05, 0.1) is 6.10 Å². The summed E-state index contributed by atoms with van der Waals surface area (Å²) in [5.41, 5.74) is 1.38. The second-order valence-corrected chi connectivity index (χ2v) is 3.61. The Morgan fingerprint density at radius 2 is 2.50 bits per heavy atom. The van der Waals surface area contributed by atoms with Gasteiger partial charge in [0.1, 0.15) is 0 Å². The molecule has 0 aromatic heterocycles. The average Bonchev–Trinajstić information content (AvgIpc) is 2.47. The quantitative estimate of drug-likeness (QED) is 0.769. The average molecular weight is 210 g/mol. The van der Waals surface area contributed by atoms with Crippen molar-refractivity contribution in [1.29, 1.82) is 0 Å². The molecule has 1 aliphatic heterocycles. The van der Waals surface area contributed by atoms with Crippen LogP contribution in [0.5, 0.6) is 0 Å². The number of ether oxygens (including phenoxy) is 1. The normalized spacial score (nSPS) is 31.1. The van der Waals surface area contributed by atoms with Crippen LogP contribution in [0.1, 0.15) is 13.3 Å². The Kier molecular flexibility index (Phi) is 4.36. The second-order valence-electron chi connectivity index (χ2n) is 2.91. The Hall–Kier alpha value is 0.240. The van der Waals surface area contributed by atoms with Crippen molar-refractivity contribution in [1.82, 2.24) is 5.32 Å². The smallest absolute Gasteiger partial charge is 0.0700 e. The van der Waals surface area contributed by atoms with Crippen LogP contribution in [0.2, 0.25) is 0 Å². The fourth-order valence-corrected chi connectivity index (χ4v) is 1.42. The molecule has 1 aliphatic rings. The molecule has 0 bridgehead atoms. The van der Waals surface area contributed by atoms with E-state index in [4.69, 9.17) is 27.9 Å². The standard InChI is InChI=1S/C8H13Cl2NO/c1-6-8(2-3-12-6)11-5-7(10)4-9/h4,6,8,11H,2-3,5H2,1H3/b7-4-. The molecule has 0 saturated carbocycles. The van der Waals surface area contributed by atoms with Gasteiger partial charge >= 0.3 is 0 Å². The summed E-state index contributed by atoms with van der Waals surface area (Å²) in [4.78, 5) is 0. The van der Waals surface area contributed by atoms with Gasteiger partial charge in [0.15, 0.2) is 0 Å². The summed E-state index contributed by atoms with van der Waals surface area (Å²) in [6, 6.07) is 0.412. The molecule has 1 fully saturated rings. The first-order valence-corrected chi connectivity index (χ1v) is 4.85. The third kappa shape index (κ3) is 2.94. The topological polar surface area (TPSA) is 21.3 Å². The van der Waals surface area contributed by atoms with E-state index < -0.39 is 0 Å². The molecular weight excluding hydrogens is 197 g/mol. The van der Waals surface area contributed by atoms with Gasteiger partial charge in [0.25, 0.3) is 0 Å². The SMILES string of the molecule is CC1OCCC1NC/C(Cl)=C/Cl. The van der Waals surface area contributed by atoms with Gasteiger partial charge < -0.3 is 10.1 Å². The van der Waals surface area contributed by atoms with Crippen LogP contribution in [0.3, 0.4) is 0 Å². The van der Waals surface area contributed by atoms with Gasteiger partial charge in [-0.2, -0.15) is 0 Å². The van der Waals surface area contributed by atoms with E-state index in [1.54, 1.807) is 0 Å². The van der Waals surface area contributed by atoms with Crippen LogP contribution in [0.15, 0.2) is 10.6 Å². The molecule has 0 amide bonds. The van der Waals surface area contributed by atoms with Crippen LogP contribution in [-0.2, 0) is 4.74 Å². The van der Waals surface area contributed by atoms with Crippen molar-refractivity contribution < 1.29 is 4.74 Å². The lowest BCUT2D eigenvalue weighted by Crippen LogP contribution is -2.35. The van der Waals surface area contributed by atoms with E-state index in [2.05, 4.69) is 12.2 Å². The van der Waals surface area contributed by atoms with Crippen molar-refractivity contribution in [3.63, 3.8) is 0 Å². The largest absolute Gasteiger partial charge is 0.377 e. The van der Waals surface area contributed by atoms with Crippen LogP contribution in [0.4, 0.5) is 0 Å². The maximum Gasteiger partial charge on any atom is 0.0700 e. The van der Waals surface area contributed by atoms with Crippen molar-refractivity contribution in [2.24, 2.45) is 0 Å². The molecular formula is C8H13Cl2NO. The molecule has 1 saturated heterocycles. The highest BCUT2D eigenvalue weighted by atomic mass is 35.5. The summed E-state index contributed by atoms with van der Waals surface area (Å²) in [6.07, 6.45) is 1.33. The first-order chi connectivity index (χ1) is 5.74. The number of halogens is 2. The van der Waals surface area contributed by atoms with Gasteiger partial charge in [-0.3, -0.25) is 0 Å². The second kappa shape index (κ2) is 5.07. The third-order valence-electron chi connectivity index (χ3n) is 2.03. The molecule has 2 atom stereocenters. The van der Waals surface area contributed by atoms with Crippen molar-refractivity contribution in [2.75, 3.05) is 13.2 Å². The minimum Gasteiger partial charge on any atom is -0.377 e. The molecule has 0 aromatic rings. The van der Waals surface area contributed by atoms with E-state index in [0.717, 1.165) is 13.0 Å². The van der Waals surface area contributed by atoms with Crippen LogP contribution >= 0.6 is 23.2 Å². The first kappa shape index (κ1) is 10.3. The van der Waals surface area contributed by atoms with Crippen LogP contribution in [0.25, 0.3) is 0 Å². The summed E-state index contributed by atoms with van der Waals surface area (Å²) in [5, 5.41) is 3.91. The molecule has 0 aromatic carbocycles. The van der Waals surface area contributed by atoms with Crippen LogP contribution in [0, 0.1) is 0 Å². The number of hydrogen-bond donors (Lipinski definition) is 1. The van der Waals surface area contributed by atoms with E-state index in [-0.39, 0.29) is 6.10 Å². The fraction of sp³-hybridized carbons (Fsp3) is 0.750. The molecule has 1 N–H and O–H groups in total. The number of hydrogen-bond acceptors (Lipinski definition) is 2. The lowest BCUT2D eigenvalue weighted by molar-refractivity contribution is 0.114. The van der Waals surface area contributed by atoms with E-state index in [1.807, 2.05) is 0 Å². The molecule has 12 heavy (non-hydrogen) atoms. The highest BCUT2D eigenvalue weighted by Crippen LogP contribution is 2.13.